The number of ether oxygens (including phenoxy) is 1. The molecule has 0 aliphatic heterocycles. The predicted octanol–water partition coefficient (Wildman–Crippen LogP) is 4.66. The minimum Gasteiger partial charge on any atom is -0.497 e. The maximum Gasteiger partial charge on any atom is 0.419 e. The summed E-state index contributed by atoms with van der Waals surface area (Å²) in [6, 6.07) is 8.93. The second-order valence-electron chi connectivity index (χ2n) is 4.76. The molecule has 0 fully saturated rings. The van der Waals surface area contributed by atoms with Crippen LogP contribution in [-0.4, -0.2) is 12.9 Å². The molecule has 0 spiro atoms. The molecule has 0 aliphatic rings. The van der Waals surface area contributed by atoms with E-state index in [9.17, 15) is 22.4 Å². The number of hydrogen-bond acceptors (Lipinski definition) is 3. The lowest BCUT2D eigenvalue weighted by atomic mass is 10.1. The highest BCUT2D eigenvalue weighted by Gasteiger charge is 2.34. The summed E-state index contributed by atoms with van der Waals surface area (Å²) in [5.74, 6) is -1.44. The number of alkyl halides is 3. The number of nitrogens with one attached hydrogen (secondary N) is 1. The van der Waals surface area contributed by atoms with Gasteiger partial charge in [-0.25, -0.2) is 4.39 Å². The van der Waals surface area contributed by atoms with Crippen LogP contribution in [0, 0.1) is 5.82 Å². The van der Waals surface area contributed by atoms with E-state index in [2.05, 4.69) is 5.32 Å². The molecule has 1 N–H and O–H groups in total. The van der Waals surface area contributed by atoms with Crippen LogP contribution in [0.1, 0.15) is 15.9 Å². The summed E-state index contributed by atoms with van der Waals surface area (Å²) in [4.78, 5) is 11.9. The van der Waals surface area contributed by atoms with Crippen molar-refractivity contribution in [1.82, 2.24) is 0 Å². The number of carbonyl (C=O) groups is 1. The molecule has 0 aliphatic carbocycles. The highest BCUT2D eigenvalue weighted by molar-refractivity contribution is 6.04. The average Bonchev–Trinajstić information content (AvgIpc) is 2.54. The predicted molar refractivity (Wildman–Crippen MR) is 81.5 cm³/mol. The summed E-state index contributed by atoms with van der Waals surface area (Å²) >= 11 is 0. The first-order chi connectivity index (χ1) is 11.3. The molecule has 0 aromatic heterocycles. The lowest BCUT2D eigenvalue weighted by Crippen LogP contribution is -2.10. The average molecular weight is 339 g/mol. The van der Waals surface area contributed by atoms with Gasteiger partial charge in [0.15, 0.2) is 5.78 Å². The molecule has 2 aromatic rings. The van der Waals surface area contributed by atoms with E-state index >= 15 is 0 Å². The molecule has 2 rings (SSSR count). The zero-order valence-corrected chi connectivity index (χ0v) is 12.5. The minimum absolute atomic E-state index is 0.253. The van der Waals surface area contributed by atoms with Crippen LogP contribution < -0.4 is 10.1 Å². The van der Waals surface area contributed by atoms with Crippen molar-refractivity contribution in [1.29, 1.82) is 0 Å². The van der Waals surface area contributed by atoms with Crippen LogP contribution in [0.3, 0.4) is 0 Å². The Morgan fingerprint density at radius 2 is 1.79 bits per heavy atom. The molecular weight excluding hydrogens is 326 g/mol. The van der Waals surface area contributed by atoms with Gasteiger partial charge >= 0.3 is 6.18 Å². The maximum absolute atomic E-state index is 13.2. The van der Waals surface area contributed by atoms with Crippen LogP contribution in [0.2, 0.25) is 0 Å². The number of allylic oxidation sites excluding steroid dienone is 1. The van der Waals surface area contributed by atoms with Crippen molar-refractivity contribution < 1.29 is 27.1 Å². The lowest BCUT2D eigenvalue weighted by molar-refractivity contribution is -0.140. The summed E-state index contributed by atoms with van der Waals surface area (Å²) in [5, 5.41) is 2.80. The first kappa shape index (κ1) is 17.5. The first-order valence-corrected chi connectivity index (χ1v) is 6.79. The van der Waals surface area contributed by atoms with Gasteiger partial charge in [-0.3, -0.25) is 4.79 Å². The summed E-state index contributed by atoms with van der Waals surface area (Å²) in [6.07, 6.45) is -2.50. The number of anilines is 1. The Bertz CT molecular complexity index is 752. The molecule has 0 radical (unpaired) electrons. The molecule has 0 saturated carbocycles. The Balaban J connectivity index is 2.08. The van der Waals surface area contributed by atoms with E-state index in [-0.39, 0.29) is 5.56 Å². The Labute approximate surface area is 135 Å². The van der Waals surface area contributed by atoms with Crippen molar-refractivity contribution in [3.8, 4) is 5.75 Å². The third-order valence-corrected chi connectivity index (χ3v) is 3.13. The maximum atomic E-state index is 13.2. The largest absolute Gasteiger partial charge is 0.497 e. The second kappa shape index (κ2) is 7.16. The zero-order valence-electron chi connectivity index (χ0n) is 12.5. The van der Waals surface area contributed by atoms with Crippen LogP contribution in [0.5, 0.6) is 5.75 Å². The zero-order chi connectivity index (χ0) is 17.7. The SMILES string of the molecule is COc1ccc(N/C=C/C(=O)c2ccc(F)c(C(F)(F)F)c2)cc1. The van der Waals surface area contributed by atoms with Crippen LogP contribution in [0.25, 0.3) is 0 Å². The second-order valence-corrected chi connectivity index (χ2v) is 4.76. The van der Waals surface area contributed by atoms with Crippen molar-refractivity contribution in [2.75, 3.05) is 12.4 Å². The summed E-state index contributed by atoms with van der Waals surface area (Å²) in [5.41, 5.74) is -1.06. The third-order valence-electron chi connectivity index (χ3n) is 3.13. The number of hydrogen-bond donors (Lipinski definition) is 1. The lowest BCUT2D eigenvalue weighted by Gasteiger charge is -2.08. The van der Waals surface area contributed by atoms with Crippen molar-refractivity contribution in [2.24, 2.45) is 0 Å². The Morgan fingerprint density at radius 3 is 2.38 bits per heavy atom. The van der Waals surface area contributed by atoms with Crippen LogP contribution in [0.15, 0.2) is 54.7 Å². The number of benzene rings is 2. The number of halogens is 4. The fourth-order valence-electron chi connectivity index (χ4n) is 1.89. The molecule has 0 unspecified atom stereocenters. The van der Waals surface area contributed by atoms with E-state index in [0.717, 1.165) is 12.1 Å². The summed E-state index contributed by atoms with van der Waals surface area (Å²) in [6.45, 7) is 0. The van der Waals surface area contributed by atoms with Crippen LogP contribution >= 0.6 is 0 Å². The standard InChI is InChI=1S/C17H13F4NO2/c1-24-13-5-3-12(4-6-13)22-9-8-16(23)11-2-7-15(18)14(10-11)17(19,20)21/h2-10,22H,1H3/b9-8+. The molecule has 7 heteroatoms. The smallest absolute Gasteiger partial charge is 0.419 e. The Morgan fingerprint density at radius 1 is 1.12 bits per heavy atom. The van der Waals surface area contributed by atoms with Crippen molar-refractivity contribution in [3.05, 3.63) is 71.7 Å². The van der Waals surface area contributed by atoms with E-state index in [1.54, 1.807) is 24.3 Å². The monoisotopic (exact) mass is 339 g/mol. The quantitative estimate of drug-likeness (QED) is 0.489. The van der Waals surface area contributed by atoms with Gasteiger partial charge in [-0.1, -0.05) is 0 Å². The molecule has 126 valence electrons. The summed E-state index contributed by atoms with van der Waals surface area (Å²) in [7, 11) is 1.53. The molecule has 0 amide bonds. The van der Waals surface area contributed by atoms with Crippen LogP contribution in [-0.2, 0) is 6.18 Å². The molecular formula is C17H13F4NO2. The van der Waals surface area contributed by atoms with Gasteiger partial charge in [0.2, 0.25) is 0 Å². The van der Waals surface area contributed by atoms with Crippen molar-refractivity contribution >= 4 is 11.5 Å². The van der Waals surface area contributed by atoms with Gasteiger partial charge < -0.3 is 10.1 Å². The number of ketones is 1. The number of methoxy groups -OCH3 is 1. The molecule has 0 atom stereocenters. The van der Waals surface area contributed by atoms with Crippen molar-refractivity contribution in [2.45, 2.75) is 6.18 Å². The highest BCUT2D eigenvalue weighted by atomic mass is 19.4. The van der Waals surface area contributed by atoms with E-state index in [4.69, 9.17) is 4.74 Å². The normalized spacial score (nSPS) is 11.5. The Kier molecular flexibility index (Phi) is 5.23. The fourth-order valence-corrected chi connectivity index (χ4v) is 1.89. The Hall–Kier alpha value is -2.83. The molecule has 0 saturated heterocycles. The molecule has 2 aromatic carbocycles. The van der Waals surface area contributed by atoms with Gasteiger partial charge in [-0.05, 0) is 42.5 Å². The van der Waals surface area contributed by atoms with E-state index in [0.29, 0.717) is 23.6 Å². The molecule has 0 heterocycles. The number of carbonyl (C=O) groups excluding carboxylic acids is 1. The topological polar surface area (TPSA) is 38.3 Å². The molecule has 0 bridgehead atoms. The van der Waals surface area contributed by atoms with Gasteiger partial charge in [0.1, 0.15) is 11.6 Å². The fraction of sp³-hybridized carbons (Fsp3) is 0.118. The summed E-state index contributed by atoms with van der Waals surface area (Å²) < 4.78 is 56.1. The molecule has 3 nitrogen and oxygen atoms in total. The number of rotatable bonds is 5. The van der Waals surface area contributed by atoms with Gasteiger partial charge in [0, 0.05) is 23.5 Å². The van der Waals surface area contributed by atoms with Gasteiger partial charge in [-0.15, -0.1) is 0 Å². The minimum atomic E-state index is -4.86. The van der Waals surface area contributed by atoms with Gasteiger partial charge in [0.25, 0.3) is 0 Å². The van der Waals surface area contributed by atoms with E-state index < -0.39 is 23.3 Å². The first-order valence-electron chi connectivity index (χ1n) is 6.79. The third kappa shape index (κ3) is 4.34. The van der Waals surface area contributed by atoms with Gasteiger partial charge in [-0.2, -0.15) is 13.2 Å². The highest BCUT2D eigenvalue weighted by Crippen LogP contribution is 2.32. The van der Waals surface area contributed by atoms with Crippen molar-refractivity contribution in [3.63, 3.8) is 0 Å². The van der Waals surface area contributed by atoms with E-state index in [1.165, 1.54) is 13.3 Å². The van der Waals surface area contributed by atoms with Gasteiger partial charge in [0.05, 0.1) is 12.7 Å². The molecule has 24 heavy (non-hydrogen) atoms. The van der Waals surface area contributed by atoms with E-state index in [1.807, 2.05) is 0 Å². The van der Waals surface area contributed by atoms with Crippen LogP contribution in [0.4, 0.5) is 23.2 Å².